The summed E-state index contributed by atoms with van der Waals surface area (Å²) in [5.41, 5.74) is 1.25. The fraction of sp³-hybridized carbons (Fsp3) is 0.579. The summed E-state index contributed by atoms with van der Waals surface area (Å²) in [6.07, 6.45) is 2.01. The summed E-state index contributed by atoms with van der Waals surface area (Å²) in [4.78, 5) is 27.2. The van der Waals surface area contributed by atoms with E-state index >= 15 is 0 Å². The summed E-state index contributed by atoms with van der Waals surface area (Å²) in [5, 5.41) is 8.87. The van der Waals surface area contributed by atoms with Crippen LogP contribution in [0.25, 0.3) is 0 Å². The first-order chi connectivity index (χ1) is 12.0. The van der Waals surface area contributed by atoms with Crippen LogP contribution in [0.2, 0.25) is 0 Å². The van der Waals surface area contributed by atoms with Crippen molar-refractivity contribution in [2.24, 2.45) is 5.41 Å². The van der Waals surface area contributed by atoms with Crippen LogP contribution in [0.1, 0.15) is 25.3 Å². The van der Waals surface area contributed by atoms with Crippen molar-refractivity contribution in [3.8, 4) is 0 Å². The minimum Gasteiger partial charge on any atom is -0.480 e. The first-order valence-electron chi connectivity index (χ1n) is 8.86. The van der Waals surface area contributed by atoms with E-state index in [0.29, 0.717) is 6.61 Å². The maximum Gasteiger partial charge on any atom is 0.323 e. The lowest BCUT2D eigenvalue weighted by molar-refractivity contribution is -0.159. The number of piperidine rings is 1. The summed E-state index contributed by atoms with van der Waals surface area (Å²) < 4.78 is 5.43. The monoisotopic (exact) mass is 346 g/mol. The number of ether oxygens (including phenoxy) is 1. The van der Waals surface area contributed by atoms with Gasteiger partial charge in [-0.25, -0.2) is 0 Å². The van der Waals surface area contributed by atoms with Crippen LogP contribution in [-0.2, 0) is 20.9 Å². The highest BCUT2D eigenvalue weighted by atomic mass is 16.5. The first-order valence-corrected chi connectivity index (χ1v) is 8.86. The van der Waals surface area contributed by atoms with Crippen LogP contribution >= 0.6 is 0 Å². The second-order valence-corrected chi connectivity index (χ2v) is 7.34. The molecular weight excluding hydrogens is 320 g/mol. The van der Waals surface area contributed by atoms with Gasteiger partial charge in [0, 0.05) is 13.1 Å². The number of likely N-dealkylation sites (tertiary alicyclic amines) is 2. The summed E-state index contributed by atoms with van der Waals surface area (Å²) in [5.74, 6) is -0.942. The van der Waals surface area contributed by atoms with E-state index in [1.165, 1.54) is 0 Å². The van der Waals surface area contributed by atoms with Gasteiger partial charge in [-0.3, -0.25) is 19.4 Å². The van der Waals surface area contributed by atoms with Gasteiger partial charge in [0.25, 0.3) is 0 Å². The van der Waals surface area contributed by atoms with Crippen molar-refractivity contribution in [1.82, 2.24) is 9.80 Å². The average molecular weight is 346 g/mol. The van der Waals surface area contributed by atoms with E-state index in [2.05, 4.69) is 4.90 Å². The van der Waals surface area contributed by atoms with Crippen LogP contribution in [0.3, 0.4) is 0 Å². The molecule has 1 atom stereocenters. The zero-order valence-corrected chi connectivity index (χ0v) is 14.7. The molecule has 0 saturated carbocycles. The molecule has 0 amide bonds. The highest BCUT2D eigenvalue weighted by molar-refractivity contribution is 5.75. The lowest BCUT2D eigenvalue weighted by Crippen LogP contribution is -2.64. The Bertz CT molecular complexity index is 603. The van der Waals surface area contributed by atoms with Crippen LogP contribution in [0.5, 0.6) is 0 Å². The Balaban J connectivity index is 1.41. The van der Waals surface area contributed by atoms with E-state index in [0.717, 1.165) is 44.6 Å². The van der Waals surface area contributed by atoms with E-state index in [1.54, 1.807) is 0 Å². The molecule has 2 heterocycles. The van der Waals surface area contributed by atoms with Crippen molar-refractivity contribution in [3.05, 3.63) is 35.9 Å². The number of esters is 1. The van der Waals surface area contributed by atoms with Crippen LogP contribution < -0.4 is 0 Å². The summed E-state index contributed by atoms with van der Waals surface area (Å²) >= 11 is 0. The van der Waals surface area contributed by atoms with Gasteiger partial charge in [-0.05, 0) is 43.8 Å². The van der Waals surface area contributed by atoms with Crippen molar-refractivity contribution < 1.29 is 19.4 Å². The van der Waals surface area contributed by atoms with Crippen molar-refractivity contribution in [3.63, 3.8) is 0 Å². The summed E-state index contributed by atoms with van der Waals surface area (Å²) in [6, 6.07) is 9.47. The van der Waals surface area contributed by atoms with Gasteiger partial charge < -0.3 is 9.84 Å². The van der Waals surface area contributed by atoms with Gasteiger partial charge in [0.1, 0.15) is 12.6 Å². The summed E-state index contributed by atoms with van der Waals surface area (Å²) in [6.45, 7) is 5.79. The maximum absolute atomic E-state index is 12.3. The SMILES string of the molecule is CC(C(=O)OCc1ccccc1)N1CC2(CCN(CC(=O)O)CC2)C1. The standard InChI is InChI=1S/C19H26N2O4/c1-15(18(24)25-12-16-5-3-2-4-6-16)21-13-19(14-21)7-9-20(10-8-19)11-17(22)23/h2-6,15H,7-14H2,1H3,(H,22,23). The van der Waals surface area contributed by atoms with Gasteiger partial charge in [-0.1, -0.05) is 30.3 Å². The maximum atomic E-state index is 12.3. The molecule has 1 aromatic carbocycles. The Morgan fingerprint density at radius 3 is 2.44 bits per heavy atom. The van der Waals surface area contributed by atoms with Gasteiger partial charge >= 0.3 is 11.9 Å². The number of carboxylic acids is 1. The minimum atomic E-state index is -0.763. The van der Waals surface area contributed by atoms with Crippen LogP contribution in [0.4, 0.5) is 0 Å². The third kappa shape index (κ3) is 4.38. The van der Waals surface area contributed by atoms with E-state index in [1.807, 2.05) is 42.2 Å². The normalized spacial score (nSPS) is 21.5. The number of carboxylic acid groups (broad SMARTS) is 1. The number of hydrogen-bond donors (Lipinski definition) is 1. The molecule has 0 aliphatic carbocycles. The number of carbonyl (C=O) groups excluding carboxylic acids is 1. The zero-order chi connectivity index (χ0) is 17.9. The first kappa shape index (κ1) is 17.9. The van der Waals surface area contributed by atoms with Crippen LogP contribution in [-0.4, -0.2) is 65.6 Å². The molecule has 136 valence electrons. The van der Waals surface area contributed by atoms with Gasteiger partial charge in [0.2, 0.25) is 0 Å². The third-order valence-corrected chi connectivity index (χ3v) is 5.47. The Morgan fingerprint density at radius 1 is 1.20 bits per heavy atom. The van der Waals surface area contributed by atoms with Gasteiger partial charge in [-0.15, -0.1) is 0 Å². The second kappa shape index (κ2) is 7.54. The molecular formula is C19H26N2O4. The lowest BCUT2D eigenvalue weighted by atomic mass is 9.71. The topological polar surface area (TPSA) is 70.1 Å². The van der Waals surface area contributed by atoms with Crippen LogP contribution in [0.15, 0.2) is 30.3 Å². The highest BCUT2D eigenvalue weighted by Gasteiger charge is 2.47. The van der Waals surface area contributed by atoms with Gasteiger partial charge in [-0.2, -0.15) is 0 Å². The molecule has 25 heavy (non-hydrogen) atoms. The third-order valence-electron chi connectivity index (χ3n) is 5.47. The van der Waals surface area contributed by atoms with Crippen molar-refractivity contribution in [2.75, 3.05) is 32.7 Å². The number of carbonyl (C=O) groups is 2. The molecule has 0 aromatic heterocycles. The predicted octanol–water partition coefficient (Wildman–Crippen LogP) is 1.60. The number of benzene rings is 1. The highest BCUT2D eigenvalue weighted by Crippen LogP contribution is 2.41. The number of rotatable bonds is 6. The Hall–Kier alpha value is -1.92. The van der Waals surface area contributed by atoms with Crippen LogP contribution in [0, 0.1) is 5.41 Å². The quantitative estimate of drug-likeness (QED) is 0.789. The molecule has 1 spiro atoms. The van der Waals surface area contributed by atoms with E-state index in [4.69, 9.17) is 9.84 Å². The number of nitrogens with zero attached hydrogens (tertiary/aromatic N) is 2. The van der Waals surface area contributed by atoms with Crippen molar-refractivity contribution in [2.45, 2.75) is 32.4 Å². The average Bonchev–Trinajstić information content (AvgIpc) is 2.58. The summed E-state index contributed by atoms with van der Waals surface area (Å²) in [7, 11) is 0. The lowest BCUT2D eigenvalue weighted by Gasteiger charge is -2.55. The molecule has 1 aromatic rings. The Labute approximate surface area is 148 Å². The Kier molecular flexibility index (Phi) is 5.39. The van der Waals surface area contributed by atoms with E-state index in [9.17, 15) is 9.59 Å². The molecule has 6 heteroatoms. The van der Waals surface area contributed by atoms with Crippen molar-refractivity contribution >= 4 is 11.9 Å². The molecule has 2 aliphatic heterocycles. The van der Waals surface area contributed by atoms with E-state index in [-0.39, 0.29) is 24.0 Å². The van der Waals surface area contributed by atoms with Crippen molar-refractivity contribution in [1.29, 1.82) is 0 Å². The molecule has 6 nitrogen and oxygen atoms in total. The molecule has 2 aliphatic rings. The molecule has 0 bridgehead atoms. The van der Waals surface area contributed by atoms with Gasteiger partial charge in [0.05, 0.1) is 6.54 Å². The molecule has 2 fully saturated rings. The fourth-order valence-electron chi connectivity index (χ4n) is 3.78. The minimum absolute atomic E-state index is 0.127. The molecule has 0 radical (unpaired) electrons. The molecule has 2 saturated heterocycles. The second-order valence-electron chi connectivity index (χ2n) is 7.34. The smallest absolute Gasteiger partial charge is 0.323 e. The largest absolute Gasteiger partial charge is 0.480 e. The zero-order valence-electron chi connectivity index (χ0n) is 14.7. The Morgan fingerprint density at radius 2 is 1.84 bits per heavy atom. The van der Waals surface area contributed by atoms with E-state index < -0.39 is 5.97 Å². The van der Waals surface area contributed by atoms with Gasteiger partial charge in [0.15, 0.2) is 0 Å². The molecule has 1 unspecified atom stereocenters. The number of hydrogen-bond acceptors (Lipinski definition) is 5. The number of aliphatic carboxylic acids is 1. The predicted molar refractivity (Wildman–Crippen MR) is 93.0 cm³/mol. The molecule has 3 rings (SSSR count). The fourth-order valence-corrected chi connectivity index (χ4v) is 3.78. The molecule has 1 N–H and O–H groups in total.